The molecule has 2 aromatic rings. The zero-order chi connectivity index (χ0) is 13.9. The van der Waals surface area contributed by atoms with Crippen molar-refractivity contribution in [2.75, 3.05) is 0 Å². The van der Waals surface area contributed by atoms with Gasteiger partial charge >= 0.3 is 0 Å². The topological polar surface area (TPSA) is 45.9 Å². The van der Waals surface area contributed by atoms with E-state index in [1.165, 1.54) is 18.3 Å². The van der Waals surface area contributed by atoms with Gasteiger partial charge in [-0.3, -0.25) is 4.98 Å². The Labute approximate surface area is 109 Å². The Morgan fingerprint density at radius 1 is 1.11 bits per heavy atom. The fraction of sp³-hybridized carbons (Fsp3) is 0.143. The van der Waals surface area contributed by atoms with Crippen LogP contribution in [0.2, 0.25) is 0 Å². The second kappa shape index (κ2) is 5.02. The summed E-state index contributed by atoms with van der Waals surface area (Å²) in [5.41, 5.74) is 0.214. The largest absolute Gasteiger partial charge is 0.456 e. The number of nitriles is 1. The standard InChI is InChI=1S/C14H10F2N2O/c1-14(15,16)13-7-6-12(9-18-13)19-11-4-2-10(8-17)3-5-11/h2-7,9H,1H3. The Morgan fingerprint density at radius 2 is 1.74 bits per heavy atom. The summed E-state index contributed by atoms with van der Waals surface area (Å²) < 4.78 is 31.4. The molecular formula is C14H10F2N2O. The average molecular weight is 260 g/mol. The van der Waals surface area contributed by atoms with E-state index in [1.807, 2.05) is 6.07 Å². The van der Waals surface area contributed by atoms with Crippen LogP contribution in [0.3, 0.4) is 0 Å². The second-order valence-corrected chi connectivity index (χ2v) is 4.01. The number of hydrogen-bond donors (Lipinski definition) is 0. The molecule has 0 bridgehead atoms. The van der Waals surface area contributed by atoms with E-state index in [2.05, 4.69) is 4.98 Å². The van der Waals surface area contributed by atoms with Crippen LogP contribution < -0.4 is 4.74 Å². The molecule has 0 amide bonds. The van der Waals surface area contributed by atoms with Gasteiger partial charge in [-0.25, -0.2) is 0 Å². The molecule has 0 saturated heterocycles. The molecule has 0 N–H and O–H groups in total. The van der Waals surface area contributed by atoms with Gasteiger partial charge in [0, 0.05) is 6.92 Å². The van der Waals surface area contributed by atoms with Gasteiger partial charge in [0.25, 0.3) is 5.92 Å². The first-order valence-electron chi connectivity index (χ1n) is 5.51. The summed E-state index contributed by atoms with van der Waals surface area (Å²) in [5, 5.41) is 8.65. The average Bonchev–Trinajstić information content (AvgIpc) is 2.39. The van der Waals surface area contributed by atoms with Gasteiger partial charge in [0.2, 0.25) is 0 Å². The predicted molar refractivity (Wildman–Crippen MR) is 65.0 cm³/mol. The van der Waals surface area contributed by atoms with E-state index >= 15 is 0 Å². The highest BCUT2D eigenvalue weighted by Crippen LogP contribution is 2.27. The van der Waals surface area contributed by atoms with Crippen LogP contribution in [0.25, 0.3) is 0 Å². The minimum absolute atomic E-state index is 0.306. The Morgan fingerprint density at radius 3 is 2.21 bits per heavy atom. The summed E-state index contributed by atoms with van der Waals surface area (Å²) in [6.07, 6.45) is 1.24. The van der Waals surface area contributed by atoms with Crippen molar-refractivity contribution in [3.05, 3.63) is 53.9 Å². The molecule has 0 saturated carbocycles. The monoisotopic (exact) mass is 260 g/mol. The van der Waals surface area contributed by atoms with Crippen LogP contribution in [-0.4, -0.2) is 4.98 Å². The highest BCUT2D eigenvalue weighted by Gasteiger charge is 2.25. The lowest BCUT2D eigenvalue weighted by atomic mass is 10.2. The van der Waals surface area contributed by atoms with Gasteiger partial charge in [-0.1, -0.05) is 0 Å². The number of aromatic nitrogens is 1. The lowest BCUT2D eigenvalue weighted by Gasteiger charge is -2.10. The fourth-order valence-corrected chi connectivity index (χ4v) is 1.43. The highest BCUT2D eigenvalue weighted by molar-refractivity contribution is 5.37. The van der Waals surface area contributed by atoms with Crippen molar-refractivity contribution < 1.29 is 13.5 Å². The molecule has 3 nitrogen and oxygen atoms in total. The van der Waals surface area contributed by atoms with Crippen LogP contribution in [0.15, 0.2) is 42.6 Å². The summed E-state index contributed by atoms with van der Waals surface area (Å²) in [5.74, 6) is -2.10. The molecule has 1 aromatic heterocycles. The molecule has 19 heavy (non-hydrogen) atoms. The molecule has 0 aliphatic rings. The summed E-state index contributed by atoms with van der Waals surface area (Å²) in [6, 6.07) is 11.1. The number of alkyl halides is 2. The van der Waals surface area contributed by atoms with Crippen molar-refractivity contribution in [2.45, 2.75) is 12.8 Å². The van der Waals surface area contributed by atoms with E-state index in [-0.39, 0.29) is 5.69 Å². The fourth-order valence-electron chi connectivity index (χ4n) is 1.43. The van der Waals surface area contributed by atoms with Crippen LogP contribution in [0, 0.1) is 11.3 Å². The Kier molecular flexibility index (Phi) is 3.43. The molecule has 1 aromatic carbocycles. The highest BCUT2D eigenvalue weighted by atomic mass is 19.3. The number of pyridine rings is 1. The zero-order valence-electron chi connectivity index (χ0n) is 10.1. The van der Waals surface area contributed by atoms with Crippen LogP contribution >= 0.6 is 0 Å². The number of halogens is 2. The molecule has 0 unspecified atom stereocenters. The first-order chi connectivity index (χ1) is 8.99. The smallest absolute Gasteiger partial charge is 0.286 e. The Balaban J connectivity index is 2.13. The molecule has 0 radical (unpaired) electrons. The number of benzene rings is 1. The van der Waals surface area contributed by atoms with Gasteiger partial charge in [-0.2, -0.15) is 14.0 Å². The van der Waals surface area contributed by atoms with E-state index in [9.17, 15) is 8.78 Å². The van der Waals surface area contributed by atoms with Crippen LogP contribution in [0.1, 0.15) is 18.2 Å². The number of rotatable bonds is 3. The van der Waals surface area contributed by atoms with Crippen molar-refractivity contribution in [2.24, 2.45) is 0 Å². The number of hydrogen-bond acceptors (Lipinski definition) is 3. The summed E-state index contributed by atoms with van der Waals surface area (Å²) in [7, 11) is 0. The Hall–Kier alpha value is -2.48. The Bertz CT molecular complexity index is 595. The lowest BCUT2D eigenvalue weighted by molar-refractivity contribution is 0.0127. The normalized spacial score (nSPS) is 10.8. The maximum Gasteiger partial charge on any atom is 0.286 e. The summed E-state index contributed by atoms with van der Waals surface area (Å²) in [6.45, 7) is 0.788. The van der Waals surface area contributed by atoms with Crippen molar-refractivity contribution >= 4 is 0 Å². The van der Waals surface area contributed by atoms with Crippen LogP contribution in [0.4, 0.5) is 8.78 Å². The molecule has 0 spiro atoms. The molecule has 0 fully saturated rings. The third-order valence-electron chi connectivity index (χ3n) is 2.41. The lowest BCUT2D eigenvalue weighted by Crippen LogP contribution is -2.09. The van der Waals surface area contributed by atoms with Gasteiger partial charge in [0.15, 0.2) is 0 Å². The van der Waals surface area contributed by atoms with E-state index in [1.54, 1.807) is 24.3 Å². The first kappa shape index (κ1) is 13.0. The van der Waals surface area contributed by atoms with Crippen molar-refractivity contribution in [3.63, 3.8) is 0 Å². The molecule has 5 heteroatoms. The van der Waals surface area contributed by atoms with Crippen LogP contribution in [-0.2, 0) is 5.92 Å². The minimum Gasteiger partial charge on any atom is -0.456 e. The molecule has 0 aliphatic carbocycles. The predicted octanol–water partition coefficient (Wildman–Crippen LogP) is 3.86. The molecule has 2 rings (SSSR count). The van der Waals surface area contributed by atoms with E-state index in [0.29, 0.717) is 17.1 Å². The van der Waals surface area contributed by atoms with Gasteiger partial charge < -0.3 is 4.74 Å². The van der Waals surface area contributed by atoms with Crippen molar-refractivity contribution in [3.8, 4) is 17.6 Å². The SMILES string of the molecule is CC(F)(F)c1ccc(Oc2ccc(C#N)cc2)cn1. The third-order valence-corrected chi connectivity index (χ3v) is 2.41. The van der Waals surface area contributed by atoms with E-state index in [0.717, 1.165) is 6.92 Å². The van der Waals surface area contributed by atoms with Gasteiger partial charge in [-0.15, -0.1) is 0 Å². The van der Waals surface area contributed by atoms with Gasteiger partial charge in [0.05, 0.1) is 17.8 Å². The molecular weight excluding hydrogens is 250 g/mol. The van der Waals surface area contributed by atoms with Crippen LogP contribution in [0.5, 0.6) is 11.5 Å². The molecule has 1 heterocycles. The minimum atomic E-state index is -2.97. The maximum absolute atomic E-state index is 13.0. The number of ether oxygens (including phenoxy) is 1. The molecule has 96 valence electrons. The van der Waals surface area contributed by atoms with Crippen molar-refractivity contribution in [1.82, 2.24) is 4.98 Å². The maximum atomic E-state index is 13.0. The van der Waals surface area contributed by atoms with Crippen molar-refractivity contribution in [1.29, 1.82) is 5.26 Å². The molecule has 0 atom stereocenters. The first-order valence-corrected chi connectivity index (χ1v) is 5.51. The number of nitrogens with zero attached hydrogens (tertiary/aromatic N) is 2. The van der Waals surface area contributed by atoms with E-state index < -0.39 is 5.92 Å². The van der Waals surface area contributed by atoms with Gasteiger partial charge in [-0.05, 0) is 36.4 Å². The second-order valence-electron chi connectivity index (χ2n) is 4.01. The zero-order valence-corrected chi connectivity index (χ0v) is 10.1. The molecule has 0 aliphatic heterocycles. The van der Waals surface area contributed by atoms with Gasteiger partial charge in [0.1, 0.15) is 17.2 Å². The summed E-state index contributed by atoms with van der Waals surface area (Å²) in [4.78, 5) is 3.65. The quantitative estimate of drug-likeness (QED) is 0.841. The summed E-state index contributed by atoms with van der Waals surface area (Å²) >= 11 is 0. The third kappa shape index (κ3) is 3.26. The van der Waals surface area contributed by atoms with E-state index in [4.69, 9.17) is 10.00 Å².